The van der Waals surface area contributed by atoms with Crippen LogP contribution in [0, 0.1) is 5.82 Å². The molecule has 1 heterocycles. The molecule has 1 N–H and O–H groups in total. The van der Waals surface area contributed by atoms with Gasteiger partial charge in [-0.25, -0.2) is 9.02 Å². The van der Waals surface area contributed by atoms with Crippen LogP contribution in [0.25, 0.3) is 11.0 Å². The number of nitrogens with one attached hydrogen (secondary N) is 1. The Hall–Kier alpha value is -2.47. The van der Waals surface area contributed by atoms with Gasteiger partial charge in [-0.15, -0.1) is 0 Å². The van der Waals surface area contributed by atoms with Crippen LogP contribution >= 0.6 is 11.6 Å². The first-order chi connectivity index (χ1) is 10.5. The van der Waals surface area contributed by atoms with Crippen LogP contribution in [0.3, 0.4) is 0 Å². The quantitative estimate of drug-likeness (QED) is 0.801. The summed E-state index contributed by atoms with van der Waals surface area (Å²) in [5.74, 6) is -0.651. The Labute approximate surface area is 130 Å². The number of anilines is 1. The molecular weight excluding hydrogens is 309 g/mol. The summed E-state index contributed by atoms with van der Waals surface area (Å²) in [5.41, 5.74) is 2.94. The van der Waals surface area contributed by atoms with E-state index in [9.17, 15) is 9.18 Å². The van der Waals surface area contributed by atoms with Gasteiger partial charge in [-0.3, -0.25) is 4.79 Å². The lowest BCUT2D eigenvalue weighted by molar-refractivity contribution is -0.114. The van der Waals surface area contributed by atoms with E-state index in [-0.39, 0.29) is 5.91 Å². The number of aromatic nitrogens is 2. The first kappa shape index (κ1) is 14.5. The van der Waals surface area contributed by atoms with Crippen LogP contribution in [-0.2, 0) is 11.2 Å². The number of halogens is 2. The minimum absolute atomic E-state index is 0.242. The maximum absolute atomic E-state index is 13.5. The number of nitrogens with zero attached hydrogens (tertiary/aromatic N) is 2. The molecule has 0 radical (unpaired) electrons. The smallest absolute Gasteiger partial charge is 0.221 e. The zero-order chi connectivity index (χ0) is 15.7. The minimum Gasteiger partial charge on any atom is -0.324 e. The molecule has 3 rings (SSSR count). The van der Waals surface area contributed by atoms with Gasteiger partial charge in [-0.05, 0) is 52.1 Å². The van der Waals surface area contributed by atoms with Crippen LogP contribution in [0.5, 0.6) is 0 Å². The topological polar surface area (TPSA) is 68.0 Å². The monoisotopic (exact) mass is 319 g/mol. The Kier molecular flexibility index (Phi) is 3.77. The Balaban J connectivity index is 2.07. The molecule has 0 bridgehead atoms. The SMILES string of the molecule is CC(=O)Nc1c(Cc2cc(F)cc(Cl)c2)ccc2nonc12. The number of carbonyl (C=O) groups is 1. The Bertz CT molecular complexity index is 843. The molecular formula is C15H11ClFN3O2. The van der Waals surface area contributed by atoms with Crippen LogP contribution in [0.4, 0.5) is 10.1 Å². The molecule has 0 unspecified atom stereocenters. The zero-order valence-electron chi connectivity index (χ0n) is 11.6. The highest BCUT2D eigenvalue weighted by atomic mass is 35.5. The molecule has 0 spiro atoms. The highest BCUT2D eigenvalue weighted by Crippen LogP contribution is 2.28. The van der Waals surface area contributed by atoms with Gasteiger partial charge in [0.05, 0.1) is 5.69 Å². The molecule has 22 heavy (non-hydrogen) atoms. The summed E-state index contributed by atoms with van der Waals surface area (Å²) in [5, 5.41) is 10.6. The predicted molar refractivity (Wildman–Crippen MR) is 80.3 cm³/mol. The standard InChI is InChI=1S/C15H11ClFN3O2/c1-8(21)18-14-10(2-3-13-15(14)20-22-19-13)4-9-5-11(16)7-12(17)6-9/h2-3,5-7H,4H2,1H3,(H,18,21). The summed E-state index contributed by atoms with van der Waals surface area (Å²) in [6.45, 7) is 1.40. The Morgan fingerprint density at radius 1 is 1.32 bits per heavy atom. The third-order valence-corrected chi connectivity index (χ3v) is 3.35. The van der Waals surface area contributed by atoms with Crippen molar-refractivity contribution >= 4 is 34.2 Å². The largest absolute Gasteiger partial charge is 0.324 e. The number of hydrogen-bond acceptors (Lipinski definition) is 4. The predicted octanol–water partition coefficient (Wildman–Crippen LogP) is 3.56. The van der Waals surface area contributed by atoms with Crippen molar-refractivity contribution in [3.63, 3.8) is 0 Å². The molecule has 5 nitrogen and oxygen atoms in total. The normalized spacial score (nSPS) is 10.9. The fraction of sp³-hybridized carbons (Fsp3) is 0.133. The summed E-state index contributed by atoms with van der Waals surface area (Å²) in [6.07, 6.45) is 0.385. The van der Waals surface area contributed by atoms with E-state index >= 15 is 0 Å². The van der Waals surface area contributed by atoms with Crippen LogP contribution in [-0.4, -0.2) is 16.2 Å². The molecule has 0 saturated carbocycles. The second kappa shape index (κ2) is 5.73. The molecule has 0 atom stereocenters. The van der Waals surface area contributed by atoms with Crippen molar-refractivity contribution in [2.45, 2.75) is 13.3 Å². The molecule has 7 heteroatoms. The van der Waals surface area contributed by atoms with Gasteiger partial charge in [0.25, 0.3) is 0 Å². The summed E-state index contributed by atoms with van der Waals surface area (Å²) >= 11 is 5.87. The van der Waals surface area contributed by atoms with Crippen molar-refractivity contribution in [3.8, 4) is 0 Å². The van der Waals surface area contributed by atoms with Crippen molar-refractivity contribution in [2.75, 3.05) is 5.32 Å². The number of rotatable bonds is 3. The van der Waals surface area contributed by atoms with Gasteiger partial charge in [0.1, 0.15) is 11.3 Å². The second-order valence-electron chi connectivity index (χ2n) is 4.87. The highest BCUT2D eigenvalue weighted by molar-refractivity contribution is 6.30. The van der Waals surface area contributed by atoms with Crippen LogP contribution in [0.1, 0.15) is 18.1 Å². The molecule has 1 amide bonds. The lowest BCUT2D eigenvalue weighted by Crippen LogP contribution is -2.09. The molecule has 0 saturated heterocycles. The lowest BCUT2D eigenvalue weighted by atomic mass is 10.0. The molecule has 2 aromatic carbocycles. The van der Waals surface area contributed by atoms with E-state index in [0.717, 1.165) is 5.56 Å². The molecule has 112 valence electrons. The summed E-state index contributed by atoms with van der Waals surface area (Å²) in [6, 6.07) is 7.83. The molecule has 0 aliphatic carbocycles. The highest BCUT2D eigenvalue weighted by Gasteiger charge is 2.14. The molecule has 0 aliphatic rings. The fourth-order valence-corrected chi connectivity index (χ4v) is 2.53. The summed E-state index contributed by atoms with van der Waals surface area (Å²) in [7, 11) is 0. The van der Waals surface area contributed by atoms with E-state index in [2.05, 4.69) is 15.6 Å². The maximum Gasteiger partial charge on any atom is 0.221 e. The van der Waals surface area contributed by atoms with E-state index in [1.807, 2.05) is 0 Å². The number of hydrogen-bond donors (Lipinski definition) is 1. The maximum atomic E-state index is 13.5. The molecule has 0 aliphatic heterocycles. The zero-order valence-corrected chi connectivity index (χ0v) is 12.3. The van der Waals surface area contributed by atoms with Crippen molar-refractivity contribution < 1.29 is 13.8 Å². The number of carbonyl (C=O) groups excluding carboxylic acids is 1. The average Bonchev–Trinajstić information content (AvgIpc) is 2.88. The lowest BCUT2D eigenvalue weighted by Gasteiger charge is -2.10. The summed E-state index contributed by atoms with van der Waals surface area (Å²) < 4.78 is 18.2. The van der Waals surface area contributed by atoms with Gasteiger partial charge >= 0.3 is 0 Å². The van der Waals surface area contributed by atoms with Gasteiger partial charge in [-0.1, -0.05) is 17.7 Å². The van der Waals surface area contributed by atoms with E-state index < -0.39 is 5.82 Å². The number of fused-ring (bicyclic) bond motifs is 1. The summed E-state index contributed by atoms with van der Waals surface area (Å²) in [4.78, 5) is 11.4. The molecule has 1 aromatic heterocycles. The first-order valence-corrected chi connectivity index (χ1v) is 6.87. The minimum atomic E-state index is -0.409. The van der Waals surface area contributed by atoms with Crippen molar-refractivity contribution in [3.05, 3.63) is 52.3 Å². The van der Waals surface area contributed by atoms with E-state index in [0.29, 0.717) is 33.7 Å². The fourth-order valence-electron chi connectivity index (χ4n) is 2.29. The van der Waals surface area contributed by atoms with E-state index in [1.165, 1.54) is 19.1 Å². The first-order valence-electron chi connectivity index (χ1n) is 6.49. The van der Waals surface area contributed by atoms with Crippen LogP contribution < -0.4 is 5.32 Å². The molecule has 0 fully saturated rings. The van der Waals surface area contributed by atoms with Crippen molar-refractivity contribution in [1.82, 2.24) is 10.3 Å². The Morgan fingerprint density at radius 2 is 2.14 bits per heavy atom. The number of amides is 1. The van der Waals surface area contributed by atoms with Gasteiger partial charge in [-0.2, -0.15) is 0 Å². The third-order valence-electron chi connectivity index (χ3n) is 3.13. The van der Waals surface area contributed by atoms with Crippen LogP contribution in [0.15, 0.2) is 35.0 Å². The van der Waals surface area contributed by atoms with Gasteiger partial charge < -0.3 is 5.32 Å². The second-order valence-corrected chi connectivity index (χ2v) is 5.30. The van der Waals surface area contributed by atoms with Crippen LogP contribution in [0.2, 0.25) is 5.02 Å². The van der Waals surface area contributed by atoms with Crippen molar-refractivity contribution in [2.24, 2.45) is 0 Å². The molecule has 3 aromatic rings. The van der Waals surface area contributed by atoms with E-state index in [4.69, 9.17) is 16.2 Å². The van der Waals surface area contributed by atoms with Crippen molar-refractivity contribution in [1.29, 1.82) is 0 Å². The number of benzene rings is 2. The van der Waals surface area contributed by atoms with Gasteiger partial charge in [0.2, 0.25) is 5.91 Å². The van der Waals surface area contributed by atoms with E-state index in [1.54, 1.807) is 18.2 Å². The Morgan fingerprint density at radius 3 is 2.86 bits per heavy atom. The van der Waals surface area contributed by atoms with Gasteiger partial charge in [0.15, 0.2) is 5.52 Å². The average molecular weight is 320 g/mol. The van der Waals surface area contributed by atoms with Gasteiger partial charge in [0, 0.05) is 11.9 Å². The third kappa shape index (κ3) is 2.92.